The van der Waals surface area contributed by atoms with Crippen molar-refractivity contribution in [2.45, 2.75) is 110 Å². The standard InChI is InChI=1S/C40H54P2/c1-26-13-9-11-15-36(26)42(37-16-12-10-14-27(37)2)25-31-20-33(38(3,4)5)34(39(6,7)8)21-32(31)40-22-28-17-29(23-40)19-30(18-28)35(40)24-41/h9-16,20-21,28-30,35H,17-19,22-25,41H2,1-8H3. The molecule has 4 unspecified atom stereocenters. The van der Waals surface area contributed by atoms with Crippen LogP contribution in [0.5, 0.6) is 0 Å². The summed E-state index contributed by atoms with van der Waals surface area (Å²) in [4.78, 5) is 0. The Balaban J connectivity index is 1.61. The van der Waals surface area contributed by atoms with Gasteiger partial charge in [-0.15, -0.1) is 9.24 Å². The number of rotatable bonds is 6. The Labute approximate surface area is 260 Å². The molecule has 4 fully saturated rings. The highest BCUT2D eigenvalue weighted by Gasteiger charge is 2.57. The molecule has 224 valence electrons. The van der Waals surface area contributed by atoms with Crippen LogP contribution in [0.3, 0.4) is 0 Å². The van der Waals surface area contributed by atoms with Crippen LogP contribution in [-0.4, -0.2) is 6.16 Å². The molecule has 4 saturated carbocycles. The molecule has 4 aliphatic rings. The van der Waals surface area contributed by atoms with Crippen LogP contribution >= 0.6 is 17.2 Å². The zero-order valence-corrected chi connectivity index (χ0v) is 29.6. The predicted molar refractivity (Wildman–Crippen MR) is 189 cm³/mol. The Kier molecular flexibility index (Phi) is 8.11. The molecule has 0 aliphatic heterocycles. The summed E-state index contributed by atoms with van der Waals surface area (Å²) in [5.41, 5.74) is 9.99. The molecule has 7 rings (SSSR count). The van der Waals surface area contributed by atoms with Crippen LogP contribution in [0.2, 0.25) is 0 Å². The zero-order valence-electron chi connectivity index (χ0n) is 27.6. The molecule has 4 aliphatic carbocycles. The Morgan fingerprint density at radius 1 is 0.738 bits per heavy atom. The normalized spacial score (nSPS) is 27.2. The second-order valence-electron chi connectivity index (χ2n) is 16.3. The summed E-state index contributed by atoms with van der Waals surface area (Å²) in [7, 11) is 2.69. The Morgan fingerprint density at radius 2 is 1.24 bits per heavy atom. The SMILES string of the molecule is Cc1ccccc1P(Cc1cc(C(C)(C)C)c(C(C)(C)C)cc1C12CC3CC(CC(C3)C1CP)C2)c1ccccc1C. The van der Waals surface area contributed by atoms with E-state index in [9.17, 15) is 0 Å². The van der Waals surface area contributed by atoms with Crippen LogP contribution in [0.15, 0.2) is 60.7 Å². The fourth-order valence-corrected chi connectivity index (χ4v) is 13.2. The third-order valence-corrected chi connectivity index (χ3v) is 14.6. The first-order valence-corrected chi connectivity index (χ1v) is 18.9. The van der Waals surface area contributed by atoms with Crippen molar-refractivity contribution in [2.24, 2.45) is 23.7 Å². The lowest BCUT2D eigenvalue weighted by molar-refractivity contribution is -0.0521. The molecule has 0 N–H and O–H groups in total. The lowest BCUT2D eigenvalue weighted by Crippen LogP contribution is -2.56. The molecule has 4 atom stereocenters. The number of hydrogen-bond acceptors (Lipinski definition) is 0. The van der Waals surface area contributed by atoms with Crippen molar-refractivity contribution >= 4 is 27.8 Å². The summed E-state index contributed by atoms with van der Waals surface area (Å²) in [5, 5.41) is 3.11. The zero-order chi connectivity index (χ0) is 30.0. The minimum Gasteiger partial charge on any atom is -0.137 e. The minimum atomic E-state index is -0.536. The Morgan fingerprint density at radius 3 is 1.71 bits per heavy atom. The molecule has 0 saturated heterocycles. The average Bonchev–Trinajstić information content (AvgIpc) is 2.91. The summed E-state index contributed by atoms with van der Waals surface area (Å²) in [6.45, 7) is 19.3. The number of aryl methyl sites for hydroxylation is 2. The molecular weight excluding hydrogens is 542 g/mol. The molecule has 0 spiro atoms. The van der Waals surface area contributed by atoms with Crippen LogP contribution in [0, 0.1) is 37.5 Å². The van der Waals surface area contributed by atoms with Gasteiger partial charge in [-0.05, 0) is 144 Å². The summed E-state index contributed by atoms with van der Waals surface area (Å²) < 4.78 is 0. The van der Waals surface area contributed by atoms with Crippen LogP contribution in [0.4, 0.5) is 0 Å². The van der Waals surface area contributed by atoms with Gasteiger partial charge in [0.15, 0.2) is 0 Å². The highest BCUT2D eigenvalue weighted by molar-refractivity contribution is 7.72. The van der Waals surface area contributed by atoms with E-state index in [0.717, 1.165) is 29.8 Å². The maximum atomic E-state index is 3.22. The molecular formula is C40H54P2. The van der Waals surface area contributed by atoms with Gasteiger partial charge in [0.05, 0.1) is 0 Å². The maximum absolute atomic E-state index is 3.22. The molecule has 0 radical (unpaired) electrons. The Bertz CT molecular complexity index is 1390. The highest BCUT2D eigenvalue weighted by Crippen LogP contribution is 2.65. The van der Waals surface area contributed by atoms with Crippen LogP contribution in [0.25, 0.3) is 0 Å². The molecule has 2 heteroatoms. The summed E-state index contributed by atoms with van der Waals surface area (Å²) >= 11 is 0. The van der Waals surface area contributed by atoms with Crippen LogP contribution < -0.4 is 10.6 Å². The lowest BCUT2D eigenvalue weighted by atomic mass is 9.43. The van der Waals surface area contributed by atoms with Crippen LogP contribution in [-0.2, 0) is 22.4 Å². The highest BCUT2D eigenvalue weighted by atomic mass is 31.1. The summed E-state index contributed by atoms with van der Waals surface area (Å²) in [6, 6.07) is 24.0. The van der Waals surface area contributed by atoms with Gasteiger partial charge in [0.2, 0.25) is 0 Å². The van der Waals surface area contributed by atoms with Gasteiger partial charge in [0.25, 0.3) is 0 Å². The van der Waals surface area contributed by atoms with Crippen molar-refractivity contribution in [3.05, 3.63) is 94.0 Å². The van der Waals surface area contributed by atoms with E-state index in [1.165, 1.54) is 49.4 Å². The van der Waals surface area contributed by atoms with E-state index in [-0.39, 0.29) is 10.8 Å². The van der Waals surface area contributed by atoms with Crippen molar-refractivity contribution in [1.82, 2.24) is 0 Å². The number of benzene rings is 3. The third kappa shape index (κ3) is 5.37. The molecule has 3 aromatic carbocycles. The van der Waals surface area contributed by atoms with E-state index in [4.69, 9.17) is 0 Å². The van der Waals surface area contributed by atoms with Crippen LogP contribution in [0.1, 0.15) is 107 Å². The molecule has 0 aromatic heterocycles. The molecule has 0 heterocycles. The molecule has 4 bridgehead atoms. The average molecular weight is 597 g/mol. The molecule has 42 heavy (non-hydrogen) atoms. The summed E-state index contributed by atoms with van der Waals surface area (Å²) in [6.07, 6.45) is 9.67. The van der Waals surface area contributed by atoms with Gasteiger partial charge in [0.1, 0.15) is 0 Å². The van der Waals surface area contributed by atoms with E-state index >= 15 is 0 Å². The smallest absolute Gasteiger partial charge is 0.00107 e. The van der Waals surface area contributed by atoms with Gasteiger partial charge >= 0.3 is 0 Å². The van der Waals surface area contributed by atoms with Gasteiger partial charge < -0.3 is 0 Å². The van der Waals surface area contributed by atoms with E-state index in [1.54, 1.807) is 32.9 Å². The fourth-order valence-electron chi connectivity index (χ4n) is 9.67. The topological polar surface area (TPSA) is 0 Å². The quantitative estimate of drug-likeness (QED) is 0.248. The predicted octanol–water partition coefficient (Wildman–Crippen LogP) is 10.1. The first-order chi connectivity index (χ1) is 19.8. The van der Waals surface area contributed by atoms with Gasteiger partial charge in [-0.25, -0.2) is 0 Å². The maximum Gasteiger partial charge on any atom is 0.00107 e. The third-order valence-electron chi connectivity index (χ3n) is 11.3. The van der Waals surface area contributed by atoms with Gasteiger partial charge in [-0.1, -0.05) is 102 Å². The minimum absolute atomic E-state index is 0.103. The summed E-state index contributed by atoms with van der Waals surface area (Å²) in [5.74, 6) is 3.57. The molecule has 0 nitrogen and oxygen atoms in total. The van der Waals surface area contributed by atoms with E-state index < -0.39 is 7.92 Å². The van der Waals surface area contributed by atoms with Crippen molar-refractivity contribution in [1.29, 1.82) is 0 Å². The first kappa shape index (κ1) is 30.5. The van der Waals surface area contributed by atoms with E-state index in [2.05, 4.69) is 125 Å². The lowest BCUT2D eigenvalue weighted by Gasteiger charge is -2.62. The van der Waals surface area contributed by atoms with Crippen molar-refractivity contribution in [3.8, 4) is 0 Å². The first-order valence-electron chi connectivity index (χ1n) is 16.6. The van der Waals surface area contributed by atoms with Crippen molar-refractivity contribution in [3.63, 3.8) is 0 Å². The molecule has 0 amide bonds. The molecule has 3 aromatic rings. The van der Waals surface area contributed by atoms with Gasteiger partial charge in [-0.2, -0.15) is 0 Å². The van der Waals surface area contributed by atoms with Crippen molar-refractivity contribution < 1.29 is 0 Å². The van der Waals surface area contributed by atoms with E-state index in [0.29, 0.717) is 5.41 Å². The van der Waals surface area contributed by atoms with Gasteiger partial charge in [-0.3, -0.25) is 0 Å². The largest absolute Gasteiger partial charge is 0.137 e. The fraction of sp³-hybridized carbons (Fsp3) is 0.550. The second kappa shape index (κ2) is 11.1. The second-order valence-corrected chi connectivity index (χ2v) is 18.9. The monoisotopic (exact) mass is 596 g/mol. The Hall–Kier alpha value is -1.48. The van der Waals surface area contributed by atoms with Crippen molar-refractivity contribution in [2.75, 3.05) is 6.16 Å². The van der Waals surface area contributed by atoms with Gasteiger partial charge in [0, 0.05) is 6.16 Å². The van der Waals surface area contributed by atoms with E-state index in [1.807, 2.05) is 0 Å². The number of hydrogen-bond donors (Lipinski definition) is 0.